The smallest absolute Gasteiger partial charge is 0.251 e. The number of rotatable bonds is 2. The summed E-state index contributed by atoms with van der Waals surface area (Å²) < 4.78 is 0. The van der Waals surface area contributed by atoms with E-state index >= 15 is 0 Å². The Hall–Kier alpha value is -1.74. The van der Waals surface area contributed by atoms with Crippen molar-refractivity contribution in [1.29, 1.82) is 0 Å². The topological polar surface area (TPSA) is 44.9 Å². The number of H-pyrrole nitrogens is 1. The minimum absolute atomic E-state index is 0.0869. The molecule has 2 bridgehead atoms. The van der Waals surface area contributed by atoms with Gasteiger partial charge in [-0.25, -0.2) is 0 Å². The maximum Gasteiger partial charge on any atom is 0.251 e. The predicted molar refractivity (Wildman–Crippen MR) is 81.1 cm³/mol. The summed E-state index contributed by atoms with van der Waals surface area (Å²) in [6, 6.07) is 7.65. The molecule has 1 aromatic heterocycles. The van der Waals surface area contributed by atoms with Crippen LogP contribution < -0.4 is 10.9 Å². The van der Waals surface area contributed by atoms with Crippen LogP contribution in [0.2, 0.25) is 5.02 Å². The summed E-state index contributed by atoms with van der Waals surface area (Å²) in [5, 5.41) is 4.11. The number of fused-ring (bicyclic) bond motifs is 5. The number of halogens is 1. The molecule has 1 heterocycles. The van der Waals surface area contributed by atoms with E-state index in [1.54, 1.807) is 6.20 Å². The third kappa shape index (κ3) is 1.77. The molecule has 1 saturated carbocycles. The lowest BCUT2D eigenvalue weighted by Gasteiger charge is -2.19. The molecule has 0 saturated heterocycles. The lowest BCUT2D eigenvalue weighted by atomic mass is 9.92. The second-order valence-corrected chi connectivity index (χ2v) is 6.14. The van der Waals surface area contributed by atoms with Crippen LogP contribution in [0.3, 0.4) is 0 Å². The van der Waals surface area contributed by atoms with E-state index in [1.165, 1.54) is 12.0 Å². The van der Waals surface area contributed by atoms with Gasteiger partial charge in [-0.3, -0.25) is 4.79 Å². The van der Waals surface area contributed by atoms with Gasteiger partial charge in [0.2, 0.25) is 0 Å². The fraction of sp³-hybridized carbons (Fsp3) is 0.312. The molecule has 2 atom stereocenters. The van der Waals surface area contributed by atoms with Crippen molar-refractivity contribution in [2.45, 2.75) is 31.1 Å². The van der Waals surface area contributed by atoms with Crippen molar-refractivity contribution >= 4 is 23.0 Å². The van der Waals surface area contributed by atoms with E-state index in [0.29, 0.717) is 16.9 Å². The molecule has 102 valence electrons. The molecule has 20 heavy (non-hydrogen) atoms. The zero-order valence-corrected chi connectivity index (χ0v) is 11.7. The van der Waals surface area contributed by atoms with Crippen molar-refractivity contribution in [2.75, 3.05) is 5.32 Å². The normalized spacial score (nSPS) is 22.9. The summed E-state index contributed by atoms with van der Waals surface area (Å²) in [7, 11) is 0. The van der Waals surface area contributed by atoms with Crippen LogP contribution >= 0.6 is 11.6 Å². The predicted octanol–water partition coefficient (Wildman–Crippen LogP) is 4.14. The number of nitrogens with one attached hydrogen (secondary N) is 2. The number of aromatic nitrogens is 1. The van der Waals surface area contributed by atoms with Crippen LogP contribution in [-0.2, 0) is 0 Å². The van der Waals surface area contributed by atoms with Gasteiger partial charge >= 0.3 is 0 Å². The van der Waals surface area contributed by atoms with Gasteiger partial charge in [0.05, 0.1) is 5.69 Å². The molecule has 0 amide bonds. The van der Waals surface area contributed by atoms with E-state index in [9.17, 15) is 4.79 Å². The first kappa shape index (κ1) is 12.0. The summed E-state index contributed by atoms with van der Waals surface area (Å²) in [6.45, 7) is 0. The Morgan fingerprint density at radius 2 is 2.00 bits per heavy atom. The number of hydrogen-bond acceptors (Lipinski definition) is 2. The largest absolute Gasteiger partial charge is 0.354 e. The number of benzene rings is 1. The molecular weight excluding hydrogens is 272 g/mol. The minimum atomic E-state index is 0.0869. The second-order valence-electron chi connectivity index (χ2n) is 5.70. The molecule has 2 unspecified atom stereocenters. The Bertz CT molecular complexity index is 737. The molecule has 4 heteroatoms. The fourth-order valence-electron chi connectivity index (χ4n) is 3.74. The molecule has 1 aromatic carbocycles. The lowest BCUT2D eigenvalue weighted by molar-refractivity contribution is 0.709. The Balaban J connectivity index is 1.79. The van der Waals surface area contributed by atoms with E-state index < -0.39 is 0 Å². The van der Waals surface area contributed by atoms with E-state index in [-0.39, 0.29) is 5.56 Å². The van der Waals surface area contributed by atoms with Crippen molar-refractivity contribution in [2.24, 2.45) is 0 Å². The Labute approximate surface area is 122 Å². The molecule has 0 aliphatic heterocycles. The Morgan fingerprint density at radius 3 is 2.80 bits per heavy atom. The van der Waals surface area contributed by atoms with Gasteiger partial charge in [0.25, 0.3) is 5.56 Å². The Kier molecular flexibility index (Phi) is 2.64. The first-order valence-electron chi connectivity index (χ1n) is 7.00. The van der Waals surface area contributed by atoms with Crippen molar-refractivity contribution in [3.63, 3.8) is 0 Å². The summed E-state index contributed by atoms with van der Waals surface area (Å²) >= 11 is 6.02. The minimum Gasteiger partial charge on any atom is -0.354 e. The first-order valence-corrected chi connectivity index (χ1v) is 7.38. The zero-order chi connectivity index (χ0) is 13.7. The van der Waals surface area contributed by atoms with Crippen molar-refractivity contribution in [3.8, 4) is 0 Å². The highest BCUT2D eigenvalue weighted by atomic mass is 35.5. The van der Waals surface area contributed by atoms with Gasteiger partial charge in [-0.1, -0.05) is 17.7 Å². The highest BCUT2D eigenvalue weighted by Gasteiger charge is 2.40. The van der Waals surface area contributed by atoms with Crippen LogP contribution in [0, 0.1) is 0 Å². The molecule has 2 N–H and O–H groups in total. The van der Waals surface area contributed by atoms with Gasteiger partial charge in [0, 0.05) is 22.5 Å². The molecule has 2 aromatic rings. The third-order valence-corrected chi connectivity index (χ3v) is 4.76. The van der Waals surface area contributed by atoms with Crippen LogP contribution in [-0.4, -0.2) is 4.98 Å². The zero-order valence-electron chi connectivity index (χ0n) is 10.9. The first-order chi connectivity index (χ1) is 9.72. The van der Waals surface area contributed by atoms with Crippen LogP contribution in [0.5, 0.6) is 0 Å². The van der Waals surface area contributed by atoms with Gasteiger partial charge in [0.1, 0.15) is 0 Å². The summed E-state index contributed by atoms with van der Waals surface area (Å²) in [6.07, 6.45) is 5.28. The molecule has 0 radical (unpaired) electrons. The van der Waals surface area contributed by atoms with E-state index in [2.05, 4.69) is 10.3 Å². The van der Waals surface area contributed by atoms with Gasteiger partial charge in [0.15, 0.2) is 0 Å². The number of hydrogen-bond donors (Lipinski definition) is 2. The van der Waals surface area contributed by atoms with Gasteiger partial charge in [-0.15, -0.1) is 0 Å². The van der Waals surface area contributed by atoms with Crippen LogP contribution in [0.15, 0.2) is 35.3 Å². The third-order valence-electron chi connectivity index (χ3n) is 4.53. The molecule has 2 aliphatic rings. The van der Waals surface area contributed by atoms with Gasteiger partial charge in [-0.2, -0.15) is 0 Å². The number of anilines is 2. The van der Waals surface area contributed by atoms with E-state index in [0.717, 1.165) is 29.8 Å². The molecule has 1 fully saturated rings. The van der Waals surface area contributed by atoms with Crippen LogP contribution in [0.25, 0.3) is 0 Å². The molecule has 3 nitrogen and oxygen atoms in total. The average molecular weight is 287 g/mol. The SMILES string of the molecule is O=c1[nH]cc(Nc2cccc(Cl)c2)c2c1C1CCC2C1. The van der Waals surface area contributed by atoms with E-state index in [4.69, 9.17) is 11.6 Å². The monoisotopic (exact) mass is 286 g/mol. The van der Waals surface area contributed by atoms with Crippen molar-refractivity contribution < 1.29 is 0 Å². The van der Waals surface area contributed by atoms with E-state index in [1.807, 2.05) is 24.3 Å². The standard InChI is InChI=1S/C16H15ClN2O/c17-11-2-1-3-12(7-11)19-13-8-18-16(20)15-10-5-4-9(6-10)14(13)15/h1-3,7-10,19H,4-6H2,(H,18,20). The summed E-state index contributed by atoms with van der Waals surface area (Å²) in [5.41, 5.74) is 4.30. The number of aromatic amines is 1. The number of pyridine rings is 1. The highest BCUT2D eigenvalue weighted by Crippen LogP contribution is 2.54. The summed E-state index contributed by atoms with van der Waals surface area (Å²) in [5.74, 6) is 0.999. The molecule has 0 spiro atoms. The van der Waals surface area contributed by atoms with Crippen molar-refractivity contribution in [3.05, 3.63) is 57.0 Å². The molecular formula is C16H15ClN2O. The highest BCUT2D eigenvalue weighted by molar-refractivity contribution is 6.30. The van der Waals surface area contributed by atoms with Crippen molar-refractivity contribution in [1.82, 2.24) is 4.98 Å². The molecule has 2 aliphatic carbocycles. The average Bonchev–Trinajstić information content (AvgIpc) is 3.03. The summed E-state index contributed by atoms with van der Waals surface area (Å²) in [4.78, 5) is 14.9. The van der Waals surface area contributed by atoms with Crippen LogP contribution in [0.4, 0.5) is 11.4 Å². The Morgan fingerprint density at radius 1 is 1.20 bits per heavy atom. The maximum absolute atomic E-state index is 12.1. The molecule has 4 rings (SSSR count). The second kappa shape index (κ2) is 4.38. The van der Waals surface area contributed by atoms with Crippen LogP contribution in [0.1, 0.15) is 42.2 Å². The van der Waals surface area contributed by atoms with Gasteiger partial charge in [-0.05, 0) is 54.9 Å². The quantitative estimate of drug-likeness (QED) is 0.871. The maximum atomic E-state index is 12.1. The van der Waals surface area contributed by atoms with Gasteiger partial charge < -0.3 is 10.3 Å². The lowest BCUT2D eigenvalue weighted by Crippen LogP contribution is -2.17. The fourth-order valence-corrected chi connectivity index (χ4v) is 3.93.